The fraction of sp³-hybridized carbons (Fsp3) is 0.118. The van der Waals surface area contributed by atoms with E-state index in [0.717, 1.165) is 45.6 Å². The van der Waals surface area contributed by atoms with Crippen LogP contribution < -0.4 is 4.85 Å². The van der Waals surface area contributed by atoms with Crippen molar-refractivity contribution in [2.24, 2.45) is 0 Å². The second-order valence-electron chi connectivity index (χ2n) is 5.54. The fourth-order valence-electron chi connectivity index (χ4n) is 3.55. The molecule has 1 N–H and O–H groups in total. The van der Waals surface area contributed by atoms with Crippen molar-refractivity contribution in [3.63, 3.8) is 0 Å². The lowest BCUT2D eigenvalue weighted by Gasteiger charge is -2.13. The predicted octanol–water partition coefficient (Wildman–Crippen LogP) is 2.98. The van der Waals surface area contributed by atoms with Crippen LogP contribution in [0.4, 0.5) is 0 Å². The van der Waals surface area contributed by atoms with Gasteiger partial charge in [0.1, 0.15) is 5.69 Å². The van der Waals surface area contributed by atoms with Gasteiger partial charge in [-0.15, -0.1) is 4.68 Å². The van der Waals surface area contributed by atoms with E-state index in [1.165, 1.54) is 10.9 Å². The second-order valence-corrected chi connectivity index (χ2v) is 5.54. The van der Waals surface area contributed by atoms with E-state index in [9.17, 15) is 5.21 Å². The van der Waals surface area contributed by atoms with Crippen LogP contribution in [0.1, 0.15) is 5.56 Å². The van der Waals surface area contributed by atoms with Crippen molar-refractivity contribution < 1.29 is 4.85 Å². The van der Waals surface area contributed by atoms with Gasteiger partial charge in [0.25, 0.3) is 5.52 Å². The molecule has 0 saturated heterocycles. The molecule has 0 amide bonds. The number of rotatable bonds is 0. The fourth-order valence-corrected chi connectivity index (χ4v) is 3.55. The van der Waals surface area contributed by atoms with Gasteiger partial charge in [0, 0.05) is 17.0 Å². The number of nitrogens with zero attached hydrogens (tertiary/aromatic N) is 2. The number of nitrogens with one attached hydrogen (secondary N) is 1. The number of fused-ring (bicyclic) bond motifs is 7. The summed E-state index contributed by atoms with van der Waals surface area (Å²) < 4.78 is 1.84. The van der Waals surface area contributed by atoms with Crippen LogP contribution in [0, 0.1) is 5.21 Å². The summed E-state index contributed by atoms with van der Waals surface area (Å²) in [7, 11) is 0. The lowest BCUT2D eigenvalue weighted by molar-refractivity contribution is -0.669. The van der Waals surface area contributed by atoms with E-state index >= 15 is 0 Å². The highest BCUT2D eigenvalue weighted by molar-refractivity contribution is 5.98. The largest absolute Gasteiger partial charge is 0.595 e. The maximum absolute atomic E-state index is 12.5. The summed E-state index contributed by atoms with van der Waals surface area (Å²) in [6, 6.07) is 16.2. The Labute approximate surface area is 120 Å². The van der Waals surface area contributed by atoms with E-state index in [1.54, 1.807) is 0 Å². The number of H-pyrrole nitrogens is 1. The molecule has 0 atom stereocenters. The molecular weight excluding hydrogens is 262 g/mol. The Kier molecular flexibility index (Phi) is 1.91. The molecule has 1 aliphatic heterocycles. The second kappa shape index (κ2) is 3.67. The van der Waals surface area contributed by atoms with Crippen molar-refractivity contribution in [1.82, 2.24) is 9.67 Å². The highest BCUT2D eigenvalue weighted by atomic mass is 16.5. The van der Waals surface area contributed by atoms with Gasteiger partial charge in [-0.1, -0.05) is 35.2 Å². The number of para-hydroxylation sites is 2. The zero-order chi connectivity index (χ0) is 14.0. The molecular formula is C17H13N3O. The third kappa shape index (κ3) is 1.27. The van der Waals surface area contributed by atoms with Gasteiger partial charge in [0.05, 0.1) is 17.6 Å². The highest BCUT2D eigenvalue weighted by Crippen LogP contribution is 2.37. The first kappa shape index (κ1) is 11.0. The first-order valence-corrected chi connectivity index (χ1v) is 7.15. The quantitative estimate of drug-likeness (QED) is 0.389. The Hall–Kier alpha value is -2.75. The van der Waals surface area contributed by atoms with E-state index < -0.39 is 0 Å². The Bertz CT molecular complexity index is 1010. The van der Waals surface area contributed by atoms with Crippen molar-refractivity contribution in [3.05, 3.63) is 59.3 Å². The van der Waals surface area contributed by atoms with E-state index in [4.69, 9.17) is 0 Å². The van der Waals surface area contributed by atoms with Gasteiger partial charge in [0.2, 0.25) is 0 Å². The smallest absolute Gasteiger partial charge is 0.252 e. The Morgan fingerprint density at radius 3 is 2.67 bits per heavy atom. The number of aromatic nitrogens is 3. The van der Waals surface area contributed by atoms with E-state index in [0.29, 0.717) is 0 Å². The summed E-state index contributed by atoms with van der Waals surface area (Å²) >= 11 is 0. The molecule has 0 fully saturated rings. The number of benzene rings is 2. The standard InChI is InChI=1S/C17H13N3O/c21-20-15-8-4-2-6-13(15)17-16-12(9-10-19(17)20)11-5-1-3-7-14(11)18-16/h1-8,18H,9-10H2. The van der Waals surface area contributed by atoms with E-state index in [-0.39, 0.29) is 0 Å². The maximum Gasteiger partial charge on any atom is 0.252 e. The maximum atomic E-state index is 12.5. The summed E-state index contributed by atoms with van der Waals surface area (Å²) in [6.45, 7) is 0.725. The normalized spacial score (nSPS) is 13.5. The van der Waals surface area contributed by atoms with Crippen molar-refractivity contribution in [2.45, 2.75) is 13.0 Å². The molecule has 2 aromatic carbocycles. The molecule has 3 heterocycles. The number of hydrogen-bond donors (Lipinski definition) is 1. The van der Waals surface area contributed by atoms with Gasteiger partial charge in [-0.25, -0.2) is 0 Å². The Morgan fingerprint density at radius 2 is 1.76 bits per heavy atom. The van der Waals surface area contributed by atoms with E-state index in [2.05, 4.69) is 23.2 Å². The Morgan fingerprint density at radius 1 is 1.00 bits per heavy atom. The van der Waals surface area contributed by atoms with Crippen molar-refractivity contribution >= 4 is 21.8 Å². The summed E-state index contributed by atoms with van der Waals surface area (Å²) in [5, 5.41) is 14.7. The summed E-state index contributed by atoms with van der Waals surface area (Å²) in [5.74, 6) is 0. The highest BCUT2D eigenvalue weighted by Gasteiger charge is 2.29. The third-order valence-electron chi connectivity index (χ3n) is 4.47. The molecule has 0 saturated carbocycles. The predicted molar refractivity (Wildman–Crippen MR) is 81.9 cm³/mol. The molecule has 21 heavy (non-hydrogen) atoms. The summed E-state index contributed by atoms with van der Waals surface area (Å²) in [6.07, 6.45) is 0.884. The molecule has 0 bridgehead atoms. The summed E-state index contributed by atoms with van der Waals surface area (Å²) in [5.41, 5.74) is 5.30. The van der Waals surface area contributed by atoms with Gasteiger partial charge >= 0.3 is 0 Å². The van der Waals surface area contributed by atoms with Crippen LogP contribution in [0.3, 0.4) is 0 Å². The third-order valence-corrected chi connectivity index (χ3v) is 4.47. The molecule has 1 aliphatic rings. The molecule has 4 heteroatoms. The summed E-state index contributed by atoms with van der Waals surface area (Å²) in [4.78, 5) is 4.53. The zero-order valence-electron chi connectivity index (χ0n) is 11.3. The molecule has 4 aromatic rings. The minimum Gasteiger partial charge on any atom is -0.595 e. The van der Waals surface area contributed by atoms with Gasteiger partial charge in [-0.05, 0) is 24.1 Å². The Balaban J connectivity index is 1.97. The average Bonchev–Trinajstić information content (AvgIpc) is 3.04. The van der Waals surface area contributed by atoms with Gasteiger partial charge < -0.3 is 10.2 Å². The van der Waals surface area contributed by atoms with Crippen LogP contribution in [0.5, 0.6) is 0 Å². The van der Waals surface area contributed by atoms with E-state index in [1.807, 2.05) is 35.0 Å². The molecule has 0 unspecified atom stereocenters. The lowest BCUT2D eigenvalue weighted by atomic mass is 10.0. The number of aromatic amines is 1. The van der Waals surface area contributed by atoms with Crippen LogP contribution in [0.2, 0.25) is 0 Å². The molecule has 0 aliphatic carbocycles. The topological polar surface area (TPSA) is 47.7 Å². The van der Waals surface area contributed by atoms with Crippen LogP contribution in [-0.2, 0) is 13.0 Å². The van der Waals surface area contributed by atoms with Gasteiger partial charge in [-0.3, -0.25) is 0 Å². The molecule has 0 radical (unpaired) electrons. The molecule has 0 spiro atoms. The van der Waals surface area contributed by atoms with Crippen LogP contribution >= 0.6 is 0 Å². The van der Waals surface area contributed by atoms with Crippen molar-refractivity contribution in [3.8, 4) is 11.4 Å². The molecule has 2 aromatic heterocycles. The minimum atomic E-state index is 0.725. The van der Waals surface area contributed by atoms with Crippen LogP contribution in [0.15, 0.2) is 48.5 Å². The molecule has 102 valence electrons. The zero-order valence-corrected chi connectivity index (χ0v) is 11.3. The van der Waals surface area contributed by atoms with Gasteiger partial charge in [-0.2, -0.15) is 0 Å². The monoisotopic (exact) mass is 275 g/mol. The SMILES string of the molecule is [O-][n+]1c2ccccc2c2n1CCc1c-2[nH]c2ccccc12. The lowest BCUT2D eigenvalue weighted by Crippen LogP contribution is -2.39. The first-order valence-electron chi connectivity index (χ1n) is 7.15. The minimum absolute atomic E-state index is 0.725. The molecule has 4 nitrogen and oxygen atoms in total. The number of hydrogen-bond acceptors (Lipinski definition) is 1. The molecule has 5 rings (SSSR count). The van der Waals surface area contributed by atoms with Gasteiger partial charge in [0.15, 0.2) is 0 Å². The van der Waals surface area contributed by atoms with Crippen molar-refractivity contribution in [2.75, 3.05) is 0 Å². The van der Waals surface area contributed by atoms with Crippen LogP contribution in [0.25, 0.3) is 33.2 Å². The van der Waals surface area contributed by atoms with Crippen LogP contribution in [-0.4, -0.2) is 9.67 Å². The number of aryl methyl sites for hydroxylation is 1. The van der Waals surface area contributed by atoms with Crippen molar-refractivity contribution in [1.29, 1.82) is 0 Å². The first-order chi connectivity index (χ1) is 10.3. The average molecular weight is 275 g/mol.